The lowest BCUT2D eigenvalue weighted by molar-refractivity contribution is 0.0693. The highest BCUT2D eigenvalue weighted by Crippen LogP contribution is 2.32. The third-order valence-electron chi connectivity index (χ3n) is 2.76. The maximum absolute atomic E-state index is 10.9. The Balaban J connectivity index is 3.48. The van der Waals surface area contributed by atoms with Crippen LogP contribution in [0.2, 0.25) is 0 Å². The highest BCUT2D eigenvalue weighted by molar-refractivity contribution is 5.96. The smallest absolute Gasteiger partial charge is 0.339 e. The molecule has 5 heteroatoms. The molecule has 1 rings (SSSR count). The average molecular weight is 238 g/mol. The van der Waals surface area contributed by atoms with Gasteiger partial charge in [-0.15, -0.1) is 0 Å². The minimum absolute atomic E-state index is 0.104. The Labute approximate surface area is 98.3 Å². The third-order valence-corrected chi connectivity index (χ3v) is 2.76. The van der Waals surface area contributed by atoms with Crippen molar-refractivity contribution in [1.82, 2.24) is 0 Å². The summed E-state index contributed by atoms with van der Waals surface area (Å²) in [6, 6.07) is 2.28. The van der Waals surface area contributed by atoms with E-state index in [2.05, 4.69) is 0 Å². The number of hydrogen-bond acceptors (Lipinski definition) is 3. The van der Waals surface area contributed by atoms with Gasteiger partial charge in [-0.2, -0.15) is 0 Å². The van der Waals surface area contributed by atoms with Crippen LogP contribution in [0.5, 0.6) is 5.75 Å². The van der Waals surface area contributed by atoms with Gasteiger partial charge in [0.2, 0.25) is 0 Å². The van der Waals surface area contributed by atoms with Crippen molar-refractivity contribution in [2.45, 2.75) is 26.2 Å². The van der Waals surface area contributed by atoms with Crippen molar-refractivity contribution in [2.24, 2.45) is 0 Å². The molecule has 3 N–H and O–H groups in total. The van der Waals surface area contributed by atoms with Crippen LogP contribution in [-0.4, -0.2) is 27.3 Å². The second-order valence-corrected chi connectivity index (χ2v) is 3.88. The molecular weight excluding hydrogens is 224 g/mol. The van der Waals surface area contributed by atoms with Crippen molar-refractivity contribution >= 4 is 11.9 Å². The van der Waals surface area contributed by atoms with Gasteiger partial charge in [-0.1, -0.05) is 13.8 Å². The van der Waals surface area contributed by atoms with Crippen LogP contribution < -0.4 is 0 Å². The average Bonchev–Trinajstić information content (AvgIpc) is 2.27. The maximum Gasteiger partial charge on any atom is 0.339 e. The van der Waals surface area contributed by atoms with Gasteiger partial charge in [0.1, 0.15) is 11.3 Å². The van der Waals surface area contributed by atoms with E-state index in [1.807, 2.05) is 6.92 Å². The standard InChI is InChI=1S/C12H14O5/c1-3-6(2)8-4-7(11(14)15)5-9(10(8)13)12(16)17/h4-6,13H,3H2,1-2H3,(H,14,15)(H,16,17). The summed E-state index contributed by atoms with van der Waals surface area (Å²) >= 11 is 0. The first-order valence-electron chi connectivity index (χ1n) is 5.22. The third kappa shape index (κ3) is 2.55. The SMILES string of the molecule is CCC(C)c1cc(C(=O)O)cc(C(=O)O)c1O. The molecule has 0 aliphatic carbocycles. The van der Waals surface area contributed by atoms with Gasteiger partial charge in [-0.05, 0) is 30.0 Å². The zero-order valence-corrected chi connectivity index (χ0v) is 9.60. The molecule has 0 radical (unpaired) electrons. The molecular formula is C12H14O5. The molecule has 0 heterocycles. The van der Waals surface area contributed by atoms with Crippen LogP contribution in [0, 0.1) is 0 Å². The van der Waals surface area contributed by atoms with Crippen molar-refractivity contribution in [3.8, 4) is 5.75 Å². The molecule has 1 aromatic rings. The molecule has 0 bridgehead atoms. The van der Waals surface area contributed by atoms with Gasteiger partial charge in [-0.3, -0.25) is 0 Å². The number of carbonyl (C=O) groups is 2. The van der Waals surface area contributed by atoms with Gasteiger partial charge in [0.25, 0.3) is 0 Å². The zero-order chi connectivity index (χ0) is 13.2. The van der Waals surface area contributed by atoms with E-state index in [9.17, 15) is 14.7 Å². The van der Waals surface area contributed by atoms with Crippen molar-refractivity contribution in [3.63, 3.8) is 0 Å². The number of aromatic hydroxyl groups is 1. The number of carboxylic acid groups (broad SMARTS) is 2. The molecule has 1 atom stereocenters. The van der Waals surface area contributed by atoms with Crippen LogP contribution in [-0.2, 0) is 0 Å². The Morgan fingerprint density at radius 3 is 2.24 bits per heavy atom. The molecule has 92 valence electrons. The molecule has 0 aliphatic rings. The summed E-state index contributed by atoms with van der Waals surface area (Å²) in [5.74, 6) is -3.00. The predicted octanol–water partition coefficient (Wildman–Crippen LogP) is 2.30. The molecule has 0 aliphatic heterocycles. The lowest BCUT2D eigenvalue weighted by atomic mass is 9.93. The first-order valence-corrected chi connectivity index (χ1v) is 5.22. The summed E-state index contributed by atoms with van der Waals surface area (Å²) in [5.41, 5.74) is -0.152. The van der Waals surface area contributed by atoms with Gasteiger partial charge in [0.15, 0.2) is 0 Å². The molecule has 0 fully saturated rings. The van der Waals surface area contributed by atoms with Gasteiger partial charge in [0.05, 0.1) is 5.56 Å². The van der Waals surface area contributed by atoms with Gasteiger partial charge in [0, 0.05) is 0 Å². The summed E-state index contributed by atoms with van der Waals surface area (Å²) in [7, 11) is 0. The Morgan fingerprint density at radius 2 is 1.82 bits per heavy atom. The minimum Gasteiger partial charge on any atom is -0.507 e. The van der Waals surface area contributed by atoms with Crippen LogP contribution >= 0.6 is 0 Å². The van der Waals surface area contributed by atoms with E-state index in [0.717, 1.165) is 6.07 Å². The Kier molecular flexibility index (Phi) is 3.73. The Morgan fingerprint density at radius 1 is 1.24 bits per heavy atom. The number of carboxylic acids is 2. The fourth-order valence-corrected chi connectivity index (χ4v) is 1.54. The minimum atomic E-state index is -1.34. The molecule has 0 amide bonds. The summed E-state index contributed by atoms with van der Waals surface area (Å²) in [6.07, 6.45) is 0.676. The second-order valence-electron chi connectivity index (χ2n) is 3.88. The normalized spacial score (nSPS) is 12.1. The van der Waals surface area contributed by atoms with E-state index in [1.165, 1.54) is 6.07 Å². The highest BCUT2D eigenvalue weighted by Gasteiger charge is 2.20. The van der Waals surface area contributed by atoms with Crippen LogP contribution in [0.1, 0.15) is 52.5 Å². The van der Waals surface area contributed by atoms with Crippen molar-refractivity contribution in [2.75, 3.05) is 0 Å². The molecule has 1 aromatic carbocycles. The largest absolute Gasteiger partial charge is 0.507 e. The summed E-state index contributed by atoms with van der Waals surface area (Å²) in [5, 5.41) is 27.6. The number of phenols is 1. The first-order chi connectivity index (χ1) is 7.88. The molecule has 0 spiro atoms. The summed E-state index contributed by atoms with van der Waals surface area (Å²) in [6.45, 7) is 3.67. The van der Waals surface area contributed by atoms with Gasteiger partial charge >= 0.3 is 11.9 Å². The number of rotatable bonds is 4. The molecule has 5 nitrogen and oxygen atoms in total. The lowest BCUT2D eigenvalue weighted by Gasteiger charge is -2.14. The summed E-state index contributed by atoms with van der Waals surface area (Å²) < 4.78 is 0. The van der Waals surface area contributed by atoms with Crippen molar-refractivity contribution in [1.29, 1.82) is 0 Å². The van der Waals surface area contributed by atoms with E-state index >= 15 is 0 Å². The Hall–Kier alpha value is -2.04. The molecule has 0 aromatic heterocycles. The first kappa shape index (κ1) is 13.0. The van der Waals surface area contributed by atoms with E-state index in [-0.39, 0.29) is 22.8 Å². The van der Waals surface area contributed by atoms with E-state index in [1.54, 1.807) is 6.92 Å². The fraction of sp³-hybridized carbons (Fsp3) is 0.333. The zero-order valence-electron chi connectivity index (χ0n) is 9.60. The number of aromatic carboxylic acids is 2. The van der Waals surface area contributed by atoms with Gasteiger partial charge < -0.3 is 15.3 Å². The number of hydrogen-bond donors (Lipinski definition) is 3. The fourth-order valence-electron chi connectivity index (χ4n) is 1.54. The van der Waals surface area contributed by atoms with E-state index in [4.69, 9.17) is 10.2 Å². The highest BCUT2D eigenvalue weighted by atomic mass is 16.4. The quantitative estimate of drug-likeness (QED) is 0.748. The van der Waals surface area contributed by atoms with Crippen molar-refractivity contribution in [3.05, 3.63) is 28.8 Å². The van der Waals surface area contributed by atoms with E-state index in [0.29, 0.717) is 12.0 Å². The monoisotopic (exact) mass is 238 g/mol. The lowest BCUT2D eigenvalue weighted by Crippen LogP contribution is -2.06. The Bertz CT molecular complexity index is 464. The van der Waals surface area contributed by atoms with Crippen LogP contribution in [0.4, 0.5) is 0 Å². The molecule has 1 unspecified atom stereocenters. The summed E-state index contributed by atoms with van der Waals surface area (Å²) in [4.78, 5) is 21.8. The maximum atomic E-state index is 10.9. The van der Waals surface area contributed by atoms with E-state index < -0.39 is 11.9 Å². The molecule has 17 heavy (non-hydrogen) atoms. The predicted molar refractivity (Wildman–Crippen MR) is 60.7 cm³/mol. The molecule has 0 saturated heterocycles. The topological polar surface area (TPSA) is 94.8 Å². The number of benzene rings is 1. The van der Waals surface area contributed by atoms with Crippen LogP contribution in [0.3, 0.4) is 0 Å². The van der Waals surface area contributed by atoms with Crippen LogP contribution in [0.25, 0.3) is 0 Å². The van der Waals surface area contributed by atoms with Gasteiger partial charge in [-0.25, -0.2) is 9.59 Å². The molecule has 0 saturated carbocycles. The van der Waals surface area contributed by atoms with Crippen LogP contribution in [0.15, 0.2) is 12.1 Å². The van der Waals surface area contributed by atoms with Crippen molar-refractivity contribution < 1.29 is 24.9 Å². The second kappa shape index (κ2) is 4.86.